The van der Waals surface area contributed by atoms with Crippen LogP contribution in [0.4, 0.5) is 0 Å². The molecule has 1 N–H and O–H groups in total. The van der Waals surface area contributed by atoms with Crippen molar-refractivity contribution in [3.05, 3.63) is 0 Å². The van der Waals surface area contributed by atoms with Crippen LogP contribution < -0.4 is 0 Å². The molecule has 1 aliphatic rings. The molecule has 2 nitrogen and oxygen atoms in total. The number of aliphatic hydroxyl groups is 1. The smallest absolute Gasteiger partial charge is 0.0599 e. The third kappa shape index (κ3) is 3.58. The van der Waals surface area contributed by atoms with Crippen LogP contribution in [0.3, 0.4) is 0 Å². The van der Waals surface area contributed by atoms with Crippen molar-refractivity contribution < 1.29 is 9.84 Å². The van der Waals surface area contributed by atoms with Crippen molar-refractivity contribution >= 4 is 0 Å². The van der Waals surface area contributed by atoms with Crippen LogP contribution in [0.15, 0.2) is 0 Å². The van der Waals surface area contributed by atoms with E-state index in [9.17, 15) is 5.11 Å². The number of rotatable bonds is 5. The average molecular weight is 200 g/mol. The maximum atomic E-state index is 9.98. The predicted octanol–water partition coefficient (Wildman–Crippen LogP) is 2.74. The Morgan fingerprint density at radius 1 is 1.29 bits per heavy atom. The zero-order chi connectivity index (χ0) is 10.4. The molecule has 1 saturated heterocycles. The van der Waals surface area contributed by atoms with Crippen molar-refractivity contribution in [2.75, 3.05) is 6.61 Å². The lowest BCUT2D eigenvalue weighted by Gasteiger charge is -2.28. The summed E-state index contributed by atoms with van der Waals surface area (Å²) < 4.78 is 5.63. The van der Waals surface area contributed by atoms with E-state index in [0.29, 0.717) is 12.0 Å². The van der Waals surface area contributed by atoms with Crippen molar-refractivity contribution in [1.29, 1.82) is 0 Å². The lowest BCUT2D eigenvalue weighted by atomic mass is 9.91. The van der Waals surface area contributed by atoms with Gasteiger partial charge in [-0.1, -0.05) is 26.7 Å². The van der Waals surface area contributed by atoms with Gasteiger partial charge in [0.15, 0.2) is 0 Å². The highest BCUT2D eigenvalue weighted by molar-refractivity contribution is 4.73. The zero-order valence-corrected chi connectivity index (χ0v) is 9.54. The fraction of sp³-hybridized carbons (Fsp3) is 1.00. The van der Waals surface area contributed by atoms with Gasteiger partial charge in [-0.25, -0.2) is 0 Å². The molecule has 2 atom stereocenters. The fourth-order valence-electron chi connectivity index (χ4n) is 2.29. The van der Waals surface area contributed by atoms with Crippen molar-refractivity contribution in [2.24, 2.45) is 5.92 Å². The van der Waals surface area contributed by atoms with Crippen molar-refractivity contribution in [3.63, 3.8) is 0 Å². The van der Waals surface area contributed by atoms with E-state index >= 15 is 0 Å². The molecule has 1 rings (SSSR count). The second-order valence-electron chi connectivity index (χ2n) is 4.37. The Kier molecular flexibility index (Phi) is 5.49. The lowest BCUT2D eigenvalue weighted by Crippen LogP contribution is -2.29. The van der Waals surface area contributed by atoms with E-state index in [1.807, 2.05) is 0 Å². The third-order valence-electron chi connectivity index (χ3n) is 3.37. The molecule has 0 aromatic carbocycles. The summed E-state index contributed by atoms with van der Waals surface area (Å²) in [5.41, 5.74) is 0. The lowest BCUT2D eigenvalue weighted by molar-refractivity contribution is -0.0283. The van der Waals surface area contributed by atoms with Crippen molar-refractivity contribution in [2.45, 2.75) is 64.6 Å². The summed E-state index contributed by atoms with van der Waals surface area (Å²) in [4.78, 5) is 0. The molecule has 0 aromatic heterocycles. The van der Waals surface area contributed by atoms with E-state index < -0.39 is 0 Å². The van der Waals surface area contributed by atoms with Gasteiger partial charge in [-0.05, 0) is 31.6 Å². The van der Waals surface area contributed by atoms with Gasteiger partial charge in [0.05, 0.1) is 12.2 Å². The first-order chi connectivity index (χ1) is 6.77. The highest BCUT2D eigenvalue weighted by Crippen LogP contribution is 2.22. The first kappa shape index (κ1) is 12.0. The van der Waals surface area contributed by atoms with Gasteiger partial charge in [-0.15, -0.1) is 0 Å². The van der Waals surface area contributed by atoms with Gasteiger partial charge in [0.25, 0.3) is 0 Å². The van der Waals surface area contributed by atoms with E-state index in [1.165, 1.54) is 12.8 Å². The molecular weight excluding hydrogens is 176 g/mol. The average Bonchev–Trinajstić information content (AvgIpc) is 2.21. The largest absolute Gasteiger partial charge is 0.393 e. The summed E-state index contributed by atoms with van der Waals surface area (Å²) in [7, 11) is 0. The molecule has 0 radical (unpaired) electrons. The summed E-state index contributed by atoms with van der Waals surface area (Å²) in [5.74, 6) is 0.459. The maximum absolute atomic E-state index is 9.98. The fourth-order valence-corrected chi connectivity index (χ4v) is 2.29. The van der Waals surface area contributed by atoms with E-state index in [1.54, 1.807) is 0 Å². The molecule has 1 aliphatic heterocycles. The van der Waals surface area contributed by atoms with Gasteiger partial charge >= 0.3 is 0 Å². The first-order valence-electron chi connectivity index (χ1n) is 6.07. The Labute approximate surface area is 87.7 Å². The van der Waals surface area contributed by atoms with Crippen molar-refractivity contribution in [3.8, 4) is 0 Å². The summed E-state index contributed by atoms with van der Waals surface area (Å²) >= 11 is 0. The highest BCUT2D eigenvalue weighted by Gasteiger charge is 2.22. The molecular formula is C12H24O2. The quantitative estimate of drug-likeness (QED) is 0.739. The second-order valence-corrected chi connectivity index (χ2v) is 4.37. The minimum Gasteiger partial charge on any atom is -0.393 e. The van der Waals surface area contributed by atoms with Crippen LogP contribution in [0.5, 0.6) is 0 Å². The van der Waals surface area contributed by atoms with E-state index in [0.717, 1.165) is 32.3 Å². The molecule has 0 aromatic rings. The summed E-state index contributed by atoms with van der Waals surface area (Å²) in [6.45, 7) is 5.19. The summed E-state index contributed by atoms with van der Waals surface area (Å²) in [6, 6.07) is 0. The number of aliphatic hydroxyl groups excluding tert-OH is 1. The van der Waals surface area contributed by atoms with Crippen molar-refractivity contribution in [1.82, 2.24) is 0 Å². The van der Waals surface area contributed by atoms with Crippen LogP contribution in [0.25, 0.3) is 0 Å². The topological polar surface area (TPSA) is 29.5 Å². The van der Waals surface area contributed by atoms with E-state index in [-0.39, 0.29) is 6.10 Å². The Hall–Kier alpha value is -0.0800. The standard InChI is InChI=1S/C12H24O2/c1-3-10(4-2)12(13)9-11-7-5-6-8-14-11/h10-13H,3-9H2,1-2H3. The number of hydrogen-bond donors (Lipinski definition) is 1. The minimum absolute atomic E-state index is 0.159. The van der Waals surface area contributed by atoms with E-state index in [2.05, 4.69) is 13.8 Å². The Morgan fingerprint density at radius 3 is 2.50 bits per heavy atom. The maximum Gasteiger partial charge on any atom is 0.0599 e. The molecule has 14 heavy (non-hydrogen) atoms. The van der Waals surface area contributed by atoms with Gasteiger partial charge < -0.3 is 9.84 Å². The van der Waals surface area contributed by atoms with Gasteiger partial charge in [0, 0.05) is 6.61 Å². The summed E-state index contributed by atoms with van der Waals surface area (Å²) in [5, 5.41) is 9.98. The number of ether oxygens (including phenoxy) is 1. The molecule has 0 bridgehead atoms. The van der Waals surface area contributed by atoms with E-state index in [4.69, 9.17) is 4.74 Å². The van der Waals surface area contributed by atoms with Gasteiger partial charge in [-0.3, -0.25) is 0 Å². The van der Waals surface area contributed by atoms with Crippen LogP contribution in [-0.2, 0) is 4.74 Å². The van der Waals surface area contributed by atoms with Crippen LogP contribution >= 0.6 is 0 Å². The Bertz CT molecular complexity index is 137. The predicted molar refractivity (Wildman–Crippen MR) is 58.3 cm³/mol. The SMILES string of the molecule is CCC(CC)C(O)CC1CCCCO1. The Morgan fingerprint density at radius 2 is 2.00 bits per heavy atom. The molecule has 1 fully saturated rings. The first-order valence-corrected chi connectivity index (χ1v) is 6.07. The van der Waals surface area contributed by atoms with Crippen LogP contribution in [0, 0.1) is 5.92 Å². The normalized spacial score (nSPS) is 25.3. The Balaban J connectivity index is 2.26. The second kappa shape index (κ2) is 6.41. The minimum atomic E-state index is -0.159. The molecule has 0 amide bonds. The number of hydrogen-bond acceptors (Lipinski definition) is 2. The van der Waals surface area contributed by atoms with Gasteiger partial charge in [-0.2, -0.15) is 0 Å². The van der Waals surface area contributed by atoms with Crippen LogP contribution in [0.1, 0.15) is 52.4 Å². The molecule has 0 saturated carbocycles. The van der Waals surface area contributed by atoms with Gasteiger partial charge in [0.2, 0.25) is 0 Å². The molecule has 2 unspecified atom stereocenters. The van der Waals surface area contributed by atoms with Crippen LogP contribution in [0.2, 0.25) is 0 Å². The zero-order valence-electron chi connectivity index (χ0n) is 9.54. The molecule has 0 spiro atoms. The third-order valence-corrected chi connectivity index (χ3v) is 3.37. The monoisotopic (exact) mass is 200 g/mol. The molecule has 1 heterocycles. The molecule has 0 aliphatic carbocycles. The van der Waals surface area contributed by atoms with Crippen LogP contribution in [-0.4, -0.2) is 23.9 Å². The molecule has 2 heteroatoms. The highest BCUT2D eigenvalue weighted by atomic mass is 16.5. The summed E-state index contributed by atoms with van der Waals surface area (Å²) in [6.07, 6.45) is 6.74. The van der Waals surface area contributed by atoms with Gasteiger partial charge in [0.1, 0.15) is 0 Å². The molecule has 84 valence electrons.